The predicted octanol–water partition coefficient (Wildman–Crippen LogP) is 5.28. The topological polar surface area (TPSA) is 15.3 Å². The third-order valence-electron chi connectivity index (χ3n) is 4.67. The van der Waals surface area contributed by atoms with Crippen molar-refractivity contribution in [3.63, 3.8) is 0 Å². The molecule has 3 heteroatoms. The monoisotopic (exact) mass is 352 g/mol. The molecule has 1 saturated carbocycles. The Labute approximate surface area is 138 Å². The van der Waals surface area contributed by atoms with Crippen molar-refractivity contribution in [1.29, 1.82) is 0 Å². The van der Waals surface area contributed by atoms with E-state index in [-0.39, 0.29) is 0 Å². The van der Waals surface area contributed by atoms with Gasteiger partial charge in [-0.1, -0.05) is 32.3 Å². The Hall–Kier alpha value is -0.540. The number of hydrogen-bond acceptors (Lipinski definition) is 2. The third-order valence-corrected chi connectivity index (χ3v) is 5.31. The highest BCUT2D eigenvalue weighted by Crippen LogP contribution is 2.33. The largest absolute Gasteiger partial charge is 0.371 e. The maximum absolute atomic E-state index is 3.78. The van der Waals surface area contributed by atoms with Crippen LogP contribution in [0.5, 0.6) is 0 Å². The van der Waals surface area contributed by atoms with Crippen LogP contribution in [0.3, 0.4) is 0 Å². The molecule has 0 aliphatic heterocycles. The Kier molecular flexibility index (Phi) is 6.56. The summed E-state index contributed by atoms with van der Waals surface area (Å²) in [5.74, 6) is 0. The number of nitrogens with one attached hydrogen (secondary N) is 1. The molecule has 0 aromatic heterocycles. The molecule has 0 amide bonds. The fourth-order valence-corrected chi connectivity index (χ4v) is 3.90. The van der Waals surface area contributed by atoms with Crippen molar-refractivity contribution in [2.24, 2.45) is 0 Å². The highest BCUT2D eigenvalue weighted by molar-refractivity contribution is 9.10. The second kappa shape index (κ2) is 8.19. The van der Waals surface area contributed by atoms with E-state index in [1.165, 1.54) is 54.2 Å². The standard InChI is InChI=1S/C18H29BrN2/c1-4-12-20-14(2)15-10-11-18(17(19)13-15)21(3)16-8-6-5-7-9-16/h10-11,13-14,16,20H,4-9,12H2,1-3H3. The van der Waals surface area contributed by atoms with E-state index in [4.69, 9.17) is 0 Å². The van der Waals surface area contributed by atoms with Gasteiger partial charge in [0, 0.05) is 23.6 Å². The Morgan fingerprint density at radius 2 is 2.00 bits per heavy atom. The molecule has 118 valence electrons. The lowest BCUT2D eigenvalue weighted by Crippen LogP contribution is -2.33. The van der Waals surface area contributed by atoms with Crippen molar-refractivity contribution in [2.75, 3.05) is 18.5 Å². The molecule has 2 rings (SSSR count). The highest BCUT2D eigenvalue weighted by Gasteiger charge is 2.20. The fourth-order valence-electron chi connectivity index (χ4n) is 3.22. The maximum Gasteiger partial charge on any atom is 0.0510 e. The van der Waals surface area contributed by atoms with Crippen LogP contribution in [-0.2, 0) is 0 Å². The Morgan fingerprint density at radius 1 is 1.29 bits per heavy atom. The van der Waals surface area contributed by atoms with E-state index >= 15 is 0 Å². The third kappa shape index (κ3) is 4.46. The molecule has 1 aliphatic rings. The van der Waals surface area contributed by atoms with Gasteiger partial charge in [-0.15, -0.1) is 0 Å². The van der Waals surface area contributed by atoms with Gasteiger partial charge >= 0.3 is 0 Å². The van der Waals surface area contributed by atoms with Crippen LogP contribution < -0.4 is 10.2 Å². The molecule has 1 fully saturated rings. The first-order chi connectivity index (χ1) is 10.1. The van der Waals surface area contributed by atoms with E-state index in [0.717, 1.165) is 6.54 Å². The van der Waals surface area contributed by atoms with Crippen molar-refractivity contribution >= 4 is 21.6 Å². The number of halogens is 1. The van der Waals surface area contributed by atoms with E-state index in [1.54, 1.807) is 0 Å². The van der Waals surface area contributed by atoms with Crippen molar-refractivity contribution in [3.05, 3.63) is 28.2 Å². The molecular formula is C18H29BrN2. The summed E-state index contributed by atoms with van der Waals surface area (Å²) in [6.45, 7) is 5.52. The van der Waals surface area contributed by atoms with Crippen LogP contribution in [0.15, 0.2) is 22.7 Å². The highest BCUT2D eigenvalue weighted by atomic mass is 79.9. The number of benzene rings is 1. The molecule has 0 saturated heterocycles. The van der Waals surface area contributed by atoms with E-state index in [1.807, 2.05) is 0 Å². The summed E-state index contributed by atoms with van der Waals surface area (Å²) in [7, 11) is 2.24. The average Bonchev–Trinajstić information content (AvgIpc) is 2.52. The minimum atomic E-state index is 0.412. The Bertz CT molecular complexity index is 441. The molecule has 0 spiro atoms. The zero-order chi connectivity index (χ0) is 15.2. The molecule has 0 bridgehead atoms. The first-order valence-corrected chi connectivity index (χ1v) is 9.18. The van der Waals surface area contributed by atoms with Crippen LogP contribution in [0.25, 0.3) is 0 Å². The summed E-state index contributed by atoms with van der Waals surface area (Å²) in [6, 6.07) is 7.94. The van der Waals surface area contributed by atoms with Crippen LogP contribution in [-0.4, -0.2) is 19.6 Å². The molecule has 21 heavy (non-hydrogen) atoms. The van der Waals surface area contributed by atoms with Crippen LogP contribution >= 0.6 is 15.9 Å². The first-order valence-electron chi connectivity index (χ1n) is 8.39. The Balaban J connectivity index is 2.07. The van der Waals surface area contributed by atoms with Gasteiger partial charge in [0.05, 0.1) is 5.69 Å². The minimum Gasteiger partial charge on any atom is -0.371 e. The smallest absolute Gasteiger partial charge is 0.0510 e. The summed E-state index contributed by atoms with van der Waals surface area (Å²) in [6.07, 6.45) is 8.00. The van der Waals surface area contributed by atoms with Gasteiger partial charge in [-0.05, 0) is 66.4 Å². The minimum absolute atomic E-state index is 0.412. The average molecular weight is 353 g/mol. The quantitative estimate of drug-likeness (QED) is 0.749. The van der Waals surface area contributed by atoms with Crippen LogP contribution in [0.1, 0.15) is 64.0 Å². The van der Waals surface area contributed by atoms with Crippen LogP contribution in [0.4, 0.5) is 5.69 Å². The second-order valence-electron chi connectivity index (χ2n) is 6.29. The van der Waals surface area contributed by atoms with Crippen molar-refractivity contribution < 1.29 is 0 Å². The first kappa shape index (κ1) is 16.8. The molecule has 1 aromatic carbocycles. The number of nitrogens with zero attached hydrogens (tertiary/aromatic N) is 1. The molecular weight excluding hydrogens is 324 g/mol. The number of anilines is 1. The summed E-state index contributed by atoms with van der Waals surface area (Å²) < 4.78 is 1.22. The lowest BCUT2D eigenvalue weighted by Gasteiger charge is -2.33. The normalized spacial score (nSPS) is 17.7. The summed E-state index contributed by atoms with van der Waals surface area (Å²) >= 11 is 3.78. The molecule has 1 aromatic rings. The summed E-state index contributed by atoms with van der Waals surface area (Å²) in [5.41, 5.74) is 2.68. The van der Waals surface area contributed by atoms with Gasteiger partial charge in [-0.25, -0.2) is 0 Å². The van der Waals surface area contributed by atoms with Gasteiger partial charge in [-0.2, -0.15) is 0 Å². The predicted molar refractivity (Wildman–Crippen MR) is 96.1 cm³/mol. The van der Waals surface area contributed by atoms with Gasteiger partial charge in [0.15, 0.2) is 0 Å². The molecule has 0 radical (unpaired) electrons. The molecule has 1 unspecified atom stereocenters. The van der Waals surface area contributed by atoms with Crippen molar-refractivity contribution in [1.82, 2.24) is 5.32 Å². The van der Waals surface area contributed by atoms with Crippen LogP contribution in [0, 0.1) is 0 Å². The molecule has 1 N–H and O–H groups in total. The number of rotatable bonds is 6. The zero-order valence-electron chi connectivity index (χ0n) is 13.7. The van der Waals surface area contributed by atoms with E-state index in [0.29, 0.717) is 12.1 Å². The van der Waals surface area contributed by atoms with E-state index in [9.17, 15) is 0 Å². The van der Waals surface area contributed by atoms with E-state index in [2.05, 4.69) is 65.2 Å². The molecule has 2 nitrogen and oxygen atoms in total. The molecule has 1 aliphatic carbocycles. The Morgan fingerprint density at radius 3 is 2.62 bits per heavy atom. The van der Waals surface area contributed by atoms with Gasteiger partial charge in [0.2, 0.25) is 0 Å². The van der Waals surface area contributed by atoms with Crippen molar-refractivity contribution in [3.8, 4) is 0 Å². The van der Waals surface area contributed by atoms with Gasteiger partial charge in [0.1, 0.15) is 0 Å². The second-order valence-corrected chi connectivity index (χ2v) is 7.14. The fraction of sp³-hybridized carbons (Fsp3) is 0.667. The molecule has 0 heterocycles. The SMILES string of the molecule is CCCNC(C)c1ccc(N(C)C2CCCCC2)c(Br)c1. The van der Waals surface area contributed by atoms with Gasteiger partial charge in [-0.3, -0.25) is 0 Å². The van der Waals surface area contributed by atoms with Gasteiger partial charge < -0.3 is 10.2 Å². The van der Waals surface area contributed by atoms with E-state index < -0.39 is 0 Å². The summed E-state index contributed by atoms with van der Waals surface area (Å²) in [4.78, 5) is 2.47. The zero-order valence-corrected chi connectivity index (χ0v) is 15.2. The van der Waals surface area contributed by atoms with Crippen molar-refractivity contribution in [2.45, 2.75) is 64.5 Å². The maximum atomic E-state index is 3.78. The van der Waals surface area contributed by atoms with Gasteiger partial charge in [0.25, 0.3) is 0 Å². The van der Waals surface area contributed by atoms with Crippen LogP contribution in [0.2, 0.25) is 0 Å². The lowest BCUT2D eigenvalue weighted by atomic mass is 9.94. The summed E-state index contributed by atoms with van der Waals surface area (Å²) in [5, 5.41) is 3.55. The molecule has 1 atom stereocenters. The lowest BCUT2D eigenvalue weighted by molar-refractivity contribution is 0.427. The number of hydrogen-bond donors (Lipinski definition) is 1.